The molecule has 2 aromatic heterocycles. The van der Waals surface area contributed by atoms with Crippen LogP contribution in [0.3, 0.4) is 0 Å². The smallest absolute Gasteiger partial charge is 0.349 e. The highest BCUT2D eigenvalue weighted by atomic mass is 127. The molecule has 0 saturated heterocycles. The van der Waals surface area contributed by atoms with E-state index in [1.54, 1.807) is 39.3 Å². The summed E-state index contributed by atoms with van der Waals surface area (Å²) in [4.78, 5) is 29.2. The van der Waals surface area contributed by atoms with Gasteiger partial charge in [-0.15, -0.1) is 0 Å². The lowest BCUT2D eigenvalue weighted by atomic mass is 10.1. The van der Waals surface area contributed by atoms with Crippen LogP contribution in [0.4, 0.5) is 11.6 Å². The van der Waals surface area contributed by atoms with Crippen LogP contribution >= 0.6 is 22.6 Å². The highest BCUT2D eigenvalue weighted by molar-refractivity contribution is 14.1. The lowest BCUT2D eigenvalue weighted by Gasteiger charge is -2.14. The summed E-state index contributed by atoms with van der Waals surface area (Å²) in [5.74, 6) is 0.983. The lowest BCUT2D eigenvalue weighted by Crippen LogP contribution is -2.22. The van der Waals surface area contributed by atoms with Crippen molar-refractivity contribution >= 4 is 62.1 Å². The van der Waals surface area contributed by atoms with E-state index in [-0.39, 0.29) is 5.56 Å². The highest BCUT2D eigenvalue weighted by Crippen LogP contribution is 2.34. The van der Waals surface area contributed by atoms with E-state index in [0.717, 1.165) is 14.7 Å². The third-order valence-electron chi connectivity index (χ3n) is 6.17. The van der Waals surface area contributed by atoms with E-state index in [1.807, 2.05) is 34.9 Å². The van der Waals surface area contributed by atoms with Gasteiger partial charge in [0.2, 0.25) is 5.95 Å². The quantitative estimate of drug-likeness (QED) is 0.197. The van der Waals surface area contributed by atoms with Crippen LogP contribution in [-0.2, 0) is 6.54 Å². The van der Waals surface area contributed by atoms with E-state index in [9.17, 15) is 9.59 Å². The fraction of sp³-hybridized carbons (Fsp3) is 0.148. The minimum Gasteiger partial charge on any atom is -0.497 e. The van der Waals surface area contributed by atoms with Gasteiger partial charge in [0.15, 0.2) is 0 Å². The number of rotatable bonds is 7. The first-order valence-corrected chi connectivity index (χ1v) is 12.4. The number of benzene rings is 3. The Morgan fingerprint density at radius 3 is 2.65 bits per heavy atom. The van der Waals surface area contributed by atoms with Gasteiger partial charge >= 0.3 is 5.63 Å². The summed E-state index contributed by atoms with van der Waals surface area (Å²) in [6.45, 7) is 2.18. The number of hydrogen-bond donors (Lipinski definition) is 2. The number of carbonyl (C=O) groups is 1. The van der Waals surface area contributed by atoms with Crippen molar-refractivity contribution in [3.05, 3.63) is 85.3 Å². The molecule has 37 heavy (non-hydrogen) atoms. The fourth-order valence-corrected chi connectivity index (χ4v) is 4.96. The van der Waals surface area contributed by atoms with Crippen molar-refractivity contribution in [1.82, 2.24) is 9.55 Å². The van der Waals surface area contributed by atoms with Gasteiger partial charge in [-0.25, -0.2) is 9.78 Å². The number of fused-ring (bicyclic) bond motifs is 2. The van der Waals surface area contributed by atoms with E-state index < -0.39 is 11.5 Å². The average Bonchev–Trinajstić information content (AvgIpc) is 3.18. The Morgan fingerprint density at radius 2 is 1.95 bits per heavy atom. The van der Waals surface area contributed by atoms with Gasteiger partial charge in [0, 0.05) is 21.1 Å². The van der Waals surface area contributed by atoms with Crippen LogP contribution in [0.2, 0.25) is 0 Å². The normalized spacial score (nSPS) is 11.1. The molecular formula is C27H23IN4O5. The van der Waals surface area contributed by atoms with Gasteiger partial charge in [0.1, 0.15) is 22.6 Å². The van der Waals surface area contributed by atoms with Gasteiger partial charge in [-0.3, -0.25) is 4.79 Å². The number of methoxy groups -OCH3 is 2. The number of hydrogen-bond acceptors (Lipinski definition) is 7. The standard InChI is InChI=1S/C27H23IN4O5/c1-14-18-11-20-21(12-22(18)37-26(34)24(14)25(29)33)32(13-15-5-4-6-16(28)9-15)27(31-20)30-19-8-7-17(35-2)10-23(19)36-3/h4-12H,13H2,1-3H3,(H2,29,33)(H,30,31). The summed E-state index contributed by atoms with van der Waals surface area (Å²) in [5, 5.41) is 3.97. The molecule has 3 aromatic carbocycles. The molecule has 0 saturated carbocycles. The molecule has 5 rings (SSSR count). The second-order valence-corrected chi connectivity index (χ2v) is 9.68. The molecule has 5 aromatic rings. The zero-order valence-corrected chi connectivity index (χ0v) is 22.5. The monoisotopic (exact) mass is 610 g/mol. The summed E-state index contributed by atoms with van der Waals surface area (Å²) in [6, 6.07) is 17.2. The summed E-state index contributed by atoms with van der Waals surface area (Å²) in [5.41, 5.74) is 8.48. The molecule has 0 atom stereocenters. The van der Waals surface area contributed by atoms with E-state index in [2.05, 4.69) is 34.0 Å². The molecule has 9 nitrogen and oxygen atoms in total. The van der Waals surface area contributed by atoms with Crippen molar-refractivity contribution in [2.24, 2.45) is 5.73 Å². The molecule has 0 spiro atoms. The molecule has 0 aliphatic rings. The van der Waals surface area contributed by atoms with Crippen molar-refractivity contribution in [3.63, 3.8) is 0 Å². The SMILES string of the molecule is COc1ccc(Nc2nc3cc4c(C)c(C(N)=O)c(=O)oc4cc3n2Cc2cccc(I)c2)c(OC)c1. The molecule has 188 valence electrons. The first kappa shape index (κ1) is 24.6. The number of imidazole rings is 1. The Balaban J connectivity index is 1.73. The van der Waals surface area contributed by atoms with Crippen LogP contribution in [-0.4, -0.2) is 29.7 Å². The van der Waals surface area contributed by atoms with Gasteiger partial charge < -0.3 is 29.5 Å². The molecule has 0 aliphatic carbocycles. The van der Waals surface area contributed by atoms with Gasteiger partial charge in [-0.05, 0) is 71.0 Å². The van der Waals surface area contributed by atoms with Crippen LogP contribution < -0.4 is 26.1 Å². The number of aromatic nitrogens is 2. The van der Waals surface area contributed by atoms with Crippen LogP contribution in [0.15, 0.2) is 63.8 Å². The molecule has 0 radical (unpaired) electrons. The topological polar surface area (TPSA) is 122 Å². The number of primary amides is 1. The van der Waals surface area contributed by atoms with E-state index >= 15 is 0 Å². The van der Waals surface area contributed by atoms with Crippen molar-refractivity contribution in [1.29, 1.82) is 0 Å². The van der Waals surface area contributed by atoms with Crippen LogP contribution in [0, 0.1) is 10.5 Å². The van der Waals surface area contributed by atoms with Gasteiger partial charge in [0.05, 0.1) is 37.5 Å². The molecule has 1 amide bonds. The number of halogens is 1. The maximum atomic E-state index is 12.5. The zero-order valence-electron chi connectivity index (χ0n) is 20.3. The van der Waals surface area contributed by atoms with Gasteiger partial charge in [-0.2, -0.15) is 0 Å². The molecule has 0 fully saturated rings. The molecule has 0 unspecified atom stereocenters. The van der Waals surface area contributed by atoms with Crippen LogP contribution in [0.25, 0.3) is 22.0 Å². The van der Waals surface area contributed by atoms with E-state index in [0.29, 0.717) is 51.7 Å². The van der Waals surface area contributed by atoms with Crippen molar-refractivity contribution in [2.75, 3.05) is 19.5 Å². The third kappa shape index (κ3) is 4.59. The Labute approximate surface area is 225 Å². The van der Waals surface area contributed by atoms with Gasteiger partial charge in [-0.1, -0.05) is 12.1 Å². The molecule has 0 bridgehead atoms. The summed E-state index contributed by atoms with van der Waals surface area (Å²) in [6.07, 6.45) is 0. The fourth-order valence-electron chi connectivity index (χ4n) is 4.35. The number of ether oxygens (including phenoxy) is 2. The lowest BCUT2D eigenvalue weighted by molar-refractivity contribution is 0.0996. The first-order valence-electron chi connectivity index (χ1n) is 11.3. The number of nitrogens with zero attached hydrogens (tertiary/aromatic N) is 2. The van der Waals surface area contributed by atoms with Gasteiger partial charge in [0.25, 0.3) is 5.91 Å². The largest absolute Gasteiger partial charge is 0.497 e. The Morgan fingerprint density at radius 1 is 1.14 bits per heavy atom. The van der Waals surface area contributed by atoms with E-state index in [1.165, 1.54) is 0 Å². The predicted octanol–water partition coefficient (Wildman–Crippen LogP) is 4.96. The maximum absolute atomic E-state index is 12.5. The van der Waals surface area contributed by atoms with Crippen molar-refractivity contribution < 1.29 is 18.7 Å². The minimum absolute atomic E-state index is 0.161. The van der Waals surface area contributed by atoms with Crippen LogP contribution in [0.5, 0.6) is 11.5 Å². The number of nitrogens with one attached hydrogen (secondary N) is 1. The number of nitrogens with two attached hydrogens (primary N) is 1. The molecule has 2 heterocycles. The second kappa shape index (κ2) is 9.77. The Hall–Kier alpha value is -4.06. The van der Waals surface area contributed by atoms with Crippen molar-refractivity contribution in [2.45, 2.75) is 13.5 Å². The third-order valence-corrected chi connectivity index (χ3v) is 6.84. The van der Waals surface area contributed by atoms with E-state index in [4.69, 9.17) is 24.6 Å². The average molecular weight is 610 g/mol. The molecular weight excluding hydrogens is 587 g/mol. The molecule has 0 aliphatic heterocycles. The first-order chi connectivity index (χ1) is 17.8. The van der Waals surface area contributed by atoms with Crippen molar-refractivity contribution in [3.8, 4) is 11.5 Å². The summed E-state index contributed by atoms with van der Waals surface area (Å²) in [7, 11) is 3.18. The summed E-state index contributed by atoms with van der Waals surface area (Å²) >= 11 is 2.28. The number of aryl methyl sites for hydroxylation is 1. The Bertz CT molecular complexity index is 1740. The van der Waals surface area contributed by atoms with Crippen LogP contribution in [0.1, 0.15) is 21.5 Å². The Kier molecular flexibility index (Phi) is 6.50. The minimum atomic E-state index is -0.827. The maximum Gasteiger partial charge on any atom is 0.349 e. The summed E-state index contributed by atoms with van der Waals surface area (Å²) < 4.78 is 19.5. The number of carbonyl (C=O) groups excluding carboxylic acids is 1. The number of amides is 1. The zero-order chi connectivity index (χ0) is 26.3. The molecule has 3 N–H and O–H groups in total. The number of anilines is 2. The predicted molar refractivity (Wildman–Crippen MR) is 150 cm³/mol. The second-order valence-electron chi connectivity index (χ2n) is 8.43. The highest BCUT2D eigenvalue weighted by Gasteiger charge is 2.20. The molecule has 10 heteroatoms.